The Morgan fingerprint density at radius 1 is 1.38 bits per heavy atom. The van der Waals surface area contributed by atoms with Crippen molar-refractivity contribution in [3.63, 3.8) is 0 Å². The minimum atomic E-state index is 0.319. The number of amidine groups is 1. The maximum atomic E-state index is 8.33. The lowest BCUT2D eigenvalue weighted by atomic mass is 10.2. The number of hydrogen-bond donors (Lipinski definition) is 3. The molecule has 0 radical (unpaired) electrons. The first-order chi connectivity index (χ1) is 7.57. The first-order valence-electron chi connectivity index (χ1n) is 5.95. The molecule has 0 saturated carbocycles. The summed E-state index contributed by atoms with van der Waals surface area (Å²) in [5.74, 6) is 0.319. The summed E-state index contributed by atoms with van der Waals surface area (Å²) in [6, 6.07) is 0.599. The van der Waals surface area contributed by atoms with Crippen LogP contribution < -0.4 is 11.1 Å². The highest BCUT2D eigenvalue weighted by Crippen LogP contribution is 1.94. The van der Waals surface area contributed by atoms with Gasteiger partial charge in [-0.1, -0.05) is 5.16 Å². The van der Waals surface area contributed by atoms with Crippen molar-refractivity contribution in [2.45, 2.75) is 39.2 Å². The SMILES string of the molecule is CC(C)N(C)CCNCCCCC(N)=NO. The topological polar surface area (TPSA) is 73.9 Å². The molecule has 0 spiro atoms. The third-order valence-electron chi connectivity index (χ3n) is 2.69. The molecule has 0 heterocycles. The summed E-state index contributed by atoms with van der Waals surface area (Å²) in [5, 5.41) is 14.6. The van der Waals surface area contributed by atoms with Gasteiger partial charge in [-0.05, 0) is 40.3 Å². The van der Waals surface area contributed by atoms with Crippen LogP contribution in [0, 0.1) is 0 Å². The number of nitrogens with zero attached hydrogens (tertiary/aromatic N) is 2. The molecule has 5 nitrogen and oxygen atoms in total. The average Bonchev–Trinajstić information content (AvgIpc) is 2.26. The summed E-state index contributed by atoms with van der Waals surface area (Å²) in [4.78, 5) is 2.31. The molecule has 96 valence electrons. The number of hydrogen-bond acceptors (Lipinski definition) is 4. The van der Waals surface area contributed by atoms with Gasteiger partial charge in [0.25, 0.3) is 0 Å². The Morgan fingerprint density at radius 2 is 2.06 bits per heavy atom. The Labute approximate surface area is 98.7 Å². The lowest BCUT2D eigenvalue weighted by molar-refractivity contribution is 0.273. The van der Waals surface area contributed by atoms with E-state index in [2.05, 4.69) is 36.3 Å². The zero-order chi connectivity index (χ0) is 12.4. The summed E-state index contributed by atoms with van der Waals surface area (Å²) in [6.07, 6.45) is 2.69. The minimum absolute atomic E-state index is 0.319. The number of unbranched alkanes of at least 4 members (excludes halogenated alkanes) is 1. The van der Waals surface area contributed by atoms with Crippen LogP contribution in [0.15, 0.2) is 5.16 Å². The lowest BCUT2D eigenvalue weighted by Gasteiger charge is -2.20. The van der Waals surface area contributed by atoms with Crippen LogP contribution in [0.3, 0.4) is 0 Å². The van der Waals surface area contributed by atoms with Crippen LogP contribution in [0.1, 0.15) is 33.1 Å². The van der Waals surface area contributed by atoms with Crippen LogP contribution in [-0.4, -0.2) is 48.7 Å². The standard InChI is InChI=1S/C11H26N4O/c1-10(2)15(3)9-8-13-7-5-4-6-11(12)14-16/h10,13,16H,4-9H2,1-3H3,(H2,12,14). The molecule has 0 fully saturated rings. The fraction of sp³-hybridized carbons (Fsp3) is 0.909. The van der Waals surface area contributed by atoms with Crippen molar-refractivity contribution in [2.24, 2.45) is 10.9 Å². The van der Waals surface area contributed by atoms with E-state index in [4.69, 9.17) is 10.9 Å². The maximum Gasteiger partial charge on any atom is 0.139 e. The third kappa shape index (κ3) is 8.49. The van der Waals surface area contributed by atoms with Crippen LogP contribution in [0.2, 0.25) is 0 Å². The molecule has 4 N–H and O–H groups in total. The van der Waals surface area contributed by atoms with Gasteiger partial charge < -0.3 is 21.2 Å². The summed E-state index contributed by atoms with van der Waals surface area (Å²) in [7, 11) is 2.13. The quantitative estimate of drug-likeness (QED) is 0.180. The Kier molecular flexibility index (Phi) is 8.94. The molecule has 0 aromatic carbocycles. The van der Waals surface area contributed by atoms with Crippen LogP contribution >= 0.6 is 0 Å². The van der Waals surface area contributed by atoms with E-state index in [0.29, 0.717) is 18.3 Å². The molecule has 0 aromatic heterocycles. The zero-order valence-electron chi connectivity index (χ0n) is 10.7. The minimum Gasteiger partial charge on any atom is -0.409 e. The third-order valence-corrected chi connectivity index (χ3v) is 2.69. The molecule has 0 saturated heterocycles. The second-order valence-electron chi connectivity index (χ2n) is 4.37. The number of likely N-dealkylation sites (N-methyl/N-ethyl adjacent to an activating group) is 1. The van der Waals surface area contributed by atoms with Crippen molar-refractivity contribution < 1.29 is 5.21 Å². The van der Waals surface area contributed by atoms with Crippen molar-refractivity contribution in [2.75, 3.05) is 26.7 Å². The highest BCUT2D eigenvalue weighted by atomic mass is 16.4. The molecular formula is C11H26N4O. The highest BCUT2D eigenvalue weighted by molar-refractivity contribution is 5.79. The van der Waals surface area contributed by atoms with Gasteiger partial charge in [0.2, 0.25) is 0 Å². The molecule has 0 atom stereocenters. The van der Waals surface area contributed by atoms with Crippen molar-refractivity contribution in [1.82, 2.24) is 10.2 Å². The fourth-order valence-electron chi connectivity index (χ4n) is 1.24. The summed E-state index contributed by atoms with van der Waals surface area (Å²) in [5.41, 5.74) is 5.36. The van der Waals surface area contributed by atoms with E-state index < -0.39 is 0 Å². The molecular weight excluding hydrogens is 204 g/mol. The van der Waals surface area contributed by atoms with Gasteiger partial charge in [0.15, 0.2) is 0 Å². The van der Waals surface area contributed by atoms with E-state index in [9.17, 15) is 0 Å². The van der Waals surface area contributed by atoms with Crippen LogP contribution in [0.5, 0.6) is 0 Å². The normalized spacial score (nSPS) is 12.7. The lowest BCUT2D eigenvalue weighted by Crippen LogP contribution is -2.34. The molecule has 0 aliphatic carbocycles. The predicted octanol–water partition coefficient (Wildman–Crippen LogP) is 0.833. The molecule has 16 heavy (non-hydrogen) atoms. The summed E-state index contributed by atoms with van der Waals surface area (Å²) < 4.78 is 0. The largest absolute Gasteiger partial charge is 0.409 e. The average molecular weight is 230 g/mol. The van der Waals surface area contributed by atoms with E-state index in [-0.39, 0.29) is 0 Å². The van der Waals surface area contributed by atoms with Gasteiger partial charge in [-0.2, -0.15) is 0 Å². The first kappa shape index (κ1) is 15.2. The number of rotatable bonds is 9. The van der Waals surface area contributed by atoms with Crippen molar-refractivity contribution in [3.05, 3.63) is 0 Å². The Hall–Kier alpha value is -0.810. The Bertz CT molecular complexity index is 194. The monoisotopic (exact) mass is 230 g/mol. The van der Waals surface area contributed by atoms with Gasteiger partial charge in [-0.15, -0.1) is 0 Å². The van der Waals surface area contributed by atoms with Crippen LogP contribution in [0.25, 0.3) is 0 Å². The number of nitrogens with two attached hydrogens (primary N) is 1. The second kappa shape index (κ2) is 9.42. The highest BCUT2D eigenvalue weighted by Gasteiger charge is 2.01. The van der Waals surface area contributed by atoms with E-state index >= 15 is 0 Å². The fourth-order valence-corrected chi connectivity index (χ4v) is 1.24. The molecule has 5 heteroatoms. The van der Waals surface area contributed by atoms with Gasteiger partial charge in [-0.25, -0.2) is 0 Å². The smallest absolute Gasteiger partial charge is 0.139 e. The van der Waals surface area contributed by atoms with Crippen molar-refractivity contribution in [3.8, 4) is 0 Å². The summed E-state index contributed by atoms with van der Waals surface area (Å²) in [6.45, 7) is 7.45. The van der Waals surface area contributed by atoms with Crippen LogP contribution in [0.4, 0.5) is 0 Å². The van der Waals surface area contributed by atoms with E-state index in [1.165, 1.54) is 0 Å². The number of nitrogens with one attached hydrogen (secondary N) is 1. The van der Waals surface area contributed by atoms with E-state index in [1.54, 1.807) is 0 Å². The molecule has 0 amide bonds. The summed E-state index contributed by atoms with van der Waals surface area (Å²) >= 11 is 0. The van der Waals surface area contributed by atoms with Gasteiger partial charge >= 0.3 is 0 Å². The van der Waals surface area contributed by atoms with Gasteiger partial charge in [0, 0.05) is 25.6 Å². The predicted molar refractivity (Wildman–Crippen MR) is 67.9 cm³/mol. The second-order valence-corrected chi connectivity index (χ2v) is 4.37. The van der Waals surface area contributed by atoms with E-state index in [0.717, 1.165) is 32.5 Å². The molecule has 0 aromatic rings. The van der Waals surface area contributed by atoms with Gasteiger partial charge in [0.1, 0.15) is 5.84 Å². The first-order valence-corrected chi connectivity index (χ1v) is 5.95. The molecule has 0 rings (SSSR count). The Balaban J connectivity index is 3.22. The van der Waals surface area contributed by atoms with E-state index in [1.807, 2.05) is 0 Å². The van der Waals surface area contributed by atoms with Crippen LogP contribution in [-0.2, 0) is 0 Å². The maximum absolute atomic E-state index is 8.33. The molecule has 0 aliphatic heterocycles. The zero-order valence-corrected chi connectivity index (χ0v) is 10.7. The molecule has 0 bridgehead atoms. The molecule has 0 aliphatic rings. The van der Waals surface area contributed by atoms with Crippen molar-refractivity contribution >= 4 is 5.84 Å². The van der Waals surface area contributed by atoms with Gasteiger partial charge in [0.05, 0.1) is 0 Å². The number of oxime groups is 1. The van der Waals surface area contributed by atoms with Gasteiger partial charge in [-0.3, -0.25) is 0 Å². The Morgan fingerprint density at radius 3 is 2.62 bits per heavy atom. The molecule has 0 unspecified atom stereocenters. The van der Waals surface area contributed by atoms with Crippen molar-refractivity contribution in [1.29, 1.82) is 0 Å².